The highest BCUT2D eigenvalue weighted by molar-refractivity contribution is 5.99. The van der Waals surface area contributed by atoms with Crippen molar-refractivity contribution in [2.24, 2.45) is 0 Å². The summed E-state index contributed by atoms with van der Waals surface area (Å²) in [6.07, 6.45) is 0. The van der Waals surface area contributed by atoms with Crippen LogP contribution in [0, 0.1) is 6.92 Å². The fourth-order valence-corrected chi connectivity index (χ4v) is 2.40. The smallest absolute Gasteiger partial charge is 0.325 e. The molecule has 0 saturated carbocycles. The Morgan fingerprint density at radius 2 is 1.88 bits per heavy atom. The normalized spacial score (nSPS) is 10.5. The quantitative estimate of drug-likeness (QED) is 0.710. The average molecular weight is 322 g/mol. The molecule has 5 nitrogen and oxygen atoms in total. The van der Waals surface area contributed by atoms with Crippen molar-refractivity contribution >= 4 is 22.8 Å². The van der Waals surface area contributed by atoms with E-state index in [9.17, 15) is 9.59 Å². The zero-order valence-corrected chi connectivity index (χ0v) is 13.3. The molecule has 0 aliphatic rings. The number of carbonyl (C=O) groups is 2. The van der Waals surface area contributed by atoms with E-state index in [1.54, 1.807) is 6.07 Å². The molecule has 1 amide bonds. The van der Waals surface area contributed by atoms with Gasteiger partial charge >= 0.3 is 5.97 Å². The summed E-state index contributed by atoms with van der Waals surface area (Å²) in [6.45, 7) is 2.02. The molecule has 24 heavy (non-hydrogen) atoms. The zero-order valence-electron chi connectivity index (χ0n) is 13.3. The maximum atomic E-state index is 12.1. The van der Waals surface area contributed by atoms with Crippen LogP contribution in [0.4, 0.5) is 0 Å². The molecule has 2 aromatic carbocycles. The Labute approximate surface area is 139 Å². The predicted octanol–water partition coefficient (Wildman–Crippen LogP) is 2.95. The number of benzene rings is 2. The molecule has 3 aromatic rings. The van der Waals surface area contributed by atoms with Crippen LogP contribution in [0.2, 0.25) is 0 Å². The van der Waals surface area contributed by atoms with Crippen LogP contribution in [-0.2, 0) is 16.1 Å². The highest BCUT2D eigenvalue weighted by Crippen LogP contribution is 2.16. The van der Waals surface area contributed by atoms with Gasteiger partial charge in [0.1, 0.15) is 18.8 Å². The van der Waals surface area contributed by atoms with Gasteiger partial charge in [-0.05, 0) is 30.2 Å². The molecule has 1 heterocycles. The Balaban J connectivity index is 1.53. The molecule has 0 bridgehead atoms. The molecule has 0 aliphatic heterocycles. The van der Waals surface area contributed by atoms with Crippen LogP contribution >= 0.6 is 0 Å². The van der Waals surface area contributed by atoms with E-state index in [4.69, 9.17) is 4.74 Å². The Bertz CT molecular complexity index is 869. The maximum Gasteiger partial charge on any atom is 0.325 e. The second-order valence-corrected chi connectivity index (χ2v) is 5.60. The van der Waals surface area contributed by atoms with Crippen molar-refractivity contribution in [1.82, 2.24) is 10.3 Å². The fourth-order valence-electron chi connectivity index (χ4n) is 2.40. The summed E-state index contributed by atoms with van der Waals surface area (Å²) in [5, 5.41) is 3.52. The number of hydrogen-bond donors (Lipinski definition) is 2. The minimum absolute atomic E-state index is 0.167. The first kappa shape index (κ1) is 15.8. The van der Waals surface area contributed by atoms with E-state index in [1.165, 1.54) is 0 Å². The Hall–Kier alpha value is -3.08. The van der Waals surface area contributed by atoms with Crippen LogP contribution in [0.25, 0.3) is 10.9 Å². The van der Waals surface area contributed by atoms with Crippen molar-refractivity contribution in [3.8, 4) is 0 Å². The van der Waals surface area contributed by atoms with E-state index in [-0.39, 0.29) is 19.1 Å². The van der Waals surface area contributed by atoms with Gasteiger partial charge in [-0.15, -0.1) is 0 Å². The molecule has 0 aliphatic carbocycles. The molecule has 0 spiro atoms. The van der Waals surface area contributed by atoms with E-state index >= 15 is 0 Å². The van der Waals surface area contributed by atoms with E-state index in [0.29, 0.717) is 5.69 Å². The standard InChI is InChI=1S/C19H18N2O3/c1-13-7-8-15-10-17(21-16(15)9-13)19(23)20-11-18(22)24-12-14-5-3-2-4-6-14/h2-10,21H,11-12H2,1H3,(H,20,23). The number of H-pyrrole nitrogens is 1. The van der Waals surface area contributed by atoms with Gasteiger partial charge < -0.3 is 15.0 Å². The molecule has 0 atom stereocenters. The van der Waals surface area contributed by atoms with Crippen LogP contribution in [0.5, 0.6) is 0 Å². The number of hydrogen-bond acceptors (Lipinski definition) is 3. The Morgan fingerprint density at radius 1 is 1.08 bits per heavy atom. The van der Waals surface area contributed by atoms with E-state index in [0.717, 1.165) is 22.0 Å². The number of fused-ring (bicyclic) bond motifs is 1. The number of esters is 1. The lowest BCUT2D eigenvalue weighted by molar-refractivity contribution is -0.143. The number of nitrogens with one attached hydrogen (secondary N) is 2. The third kappa shape index (κ3) is 3.81. The lowest BCUT2D eigenvalue weighted by Crippen LogP contribution is -2.30. The summed E-state index contributed by atoms with van der Waals surface area (Å²) >= 11 is 0. The number of aromatic amines is 1. The Morgan fingerprint density at radius 3 is 2.67 bits per heavy atom. The Kier molecular flexibility index (Phi) is 4.61. The second kappa shape index (κ2) is 7.00. The monoisotopic (exact) mass is 322 g/mol. The fraction of sp³-hybridized carbons (Fsp3) is 0.158. The predicted molar refractivity (Wildman–Crippen MR) is 91.6 cm³/mol. The summed E-state index contributed by atoms with van der Waals surface area (Å²) in [6, 6.07) is 17.1. The first-order valence-electron chi connectivity index (χ1n) is 7.69. The molecule has 0 radical (unpaired) electrons. The van der Waals surface area contributed by atoms with Crippen molar-refractivity contribution < 1.29 is 14.3 Å². The molecular weight excluding hydrogens is 304 g/mol. The molecular formula is C19H18N2O3. The largest absolute Gasteiger partial charge is 0.460 e. The number of aryl methyl sites for hydroxylation is 1. The first-order chi connectivity index (χ1) is 11.6. The first-order valence-corrected chi connectivity index (χ1v) is 7.69. The lowest BCUT2D eigenvalue weighted by Gasteiger charge is -2.06. The molecule has 5 heteroatoms. The van der Waals surface area contributed by atoms with Crippen LogP contribution in [0.15, 0.2) is 54.6 Å². The van der Waals surface area contributed by atoms with Crippen LogP contribution in [0.3, 0.4) is 0 Å². The minimum Gasteiger partial charge on any atom is -0.460 e. The summed E-state index contributed by atoms with van der Waals surface area (Å²) in [4.78, 5) is 26.9. The number of carbonyl (C=O) groups excluding carboxylic acids is 2. The second-order valence-electron chi connectivity index (χ2n) is 5.60. The average Bonchev–Trinajstić information content (AvgIpc) is 3.02. The number of amides is 1. The van der Waals surface area contributed by atoms with Crippen molar-refractivity contribution in [3.63, 3.8) is 0 Å². The number of ether oxygens (including phenoxy) is 1. The van der Waals surface area contributed by atoms with Crippen molar-refractivity contribution in [3.05, 3.63) is 71.4 Å². The third-order valence-electron chi connectivity index (χ3n) is 3.66. The van der Waals surface area contributed by atoms with Gasteiger partial charge in [0.15, 0.2) is 0 Å². The molecule has 0 unspecified atom stereocenters. The van der Waals surface area contributed by atoms with Crippen molar-refractivity contribution in [1.29, 1.82) is 0 Å². The zero-order chi connectivity index (χ0) is 16.9. The van der Waals surface area contributed by atoms with Gasteiger partial charge in [0.05, 0.1) is 0 Å². The van der Waals surface area contributed by atoms with Gasteiger partial charge in [-0.1, -0.05) is 42.5 Å². The van der Waals surface area contributed by atoms with Crippen LogP contribution < -0.4 is 5.32 Å². The highest BCUT2D eigenvalue weighted by atomic mass is 16.5. The summed E-state index contributed by atoms with van der Waals surface area (Å²) in [5.74, 6) is -0.806. The minimum atomic E-state index is -0.473. The van der Waals surface area contributed by atoms with Gasteiger partial charge in [0, 0.05) is 10.9 Å². The molecule has 0 fully saturated rings. The van der Waals surface area contributed by atoms with Crippen molar-refractivity contribution in [2.75, 3.05) is 6.54 Å². The van der Waals surface area contributed by atoms with E-state index < -0.39 is 5.97 Å². The lowest BCUT2D eigenvalue weighted by atomic mass is 10.2. The van der Waals surface area contributed by atoms with Gasteiger partial charge in [0.2, 0.25) is 0 Å². The highest BCUT2D eigenvalue weighted by Gasteiger charge is 2.11. The molecule has 2 N–H and O–H groups in total. The third-order valence-corrected chi connectivity index (χ3v) is 3.66. The summed E-state index contributed by atoms with van der Waals surface area (Å²) in [7, 11) is 0. The van der Waals surface area contributed by atoms with E-state index in [1.807, 2.05) is 55.5 Å². The maximum absolute atomic E-state index is 12.1. The summed E-state index contributed by atoms with van der Waals surface area (Å²) in [5.41, 5.74) is 3.34. The molecule has 1 aromatic heterocycles. The van der Waals surface area contributed by atoms with Gasteiger partial charge in [-0.3, -0.25) is 9.59 Å². The molecule has 0 saturated heterocycles. The SMILES string of the molecule is Cc1ccc2cc(C(=O)NCC(=O)OCc3ccccc3)[nH]c2c1. The number of rotatable bonds is 5. The van der Waals surface area contributed by atoms with Gasteiger partial charge in [0.25, 0.3) is 5.91 Å². The van der Waals surface area contributed by atoms with Gasteiger partial charge in [-0.2, -0.15) is 0 Å². The topological polar surface area (TPSA) is 71.2 Å². The van der Waals surface area contributed by atoms with E-state index in [2.05, 4.69) is 10.3 Å². The molecule has 3 rings (SSSR count). The summed E-state index contributed by atoms with van der Waals surface area (Å²) < 4.78 is 5.13. The van der Waals surface area contributed by atoms with Gasteiger partial charge in [-0.25, -0.2) is 0 Å². The van der Waals surface area contributed by atoms with Crippen LogP contribution in [0.1, 0.15) is 21.6 Å². The van der Waals surface area contributed by atoms with Crippen molar-refractivity contribution in [2.45, 2.75) is 13.5 Å². The van der Waals surface area contributed by atoms with Crippen LogP contribution in [-0.4, -0.2) is 23.4 Å². The molecule has 122 valence electrons. The number of aromatic nitrogens is 1.